The highest BCUT2D eigenvalue weighted by Gasteiger charge is 2.08. The molecule has 0 aromatic heterocycles. The van der Waals surface area contributed by atoms with Crippen molar-refractivity contribution in [3.8, 4) is 5.75 Å². The van der Waals surface area contributed by atoms with Crippen LogP contribution in [0, 0.1) is 5.92 Å². The van der Waals surface area contributed by atoms with Crippen LogP contribution < -0.4 is 10.1 Å². The SMILES string of the molecule is COC(=O)c1ccc(OC(=O)NCC=CC2CC=CCC2)cc1. The van der Waals surface area contributed by atoms with Crippen LogP contribution in [0.5, 0.6) is 5.75 Å². The Bertz CT molecular complexity index is 590. The fraction of sp³-hybridized carbons (Fsp3) is 0.333. The van der Waals surface area contributed by atoms with Crippen LogP contribution >= 0.6 is 0 Å². The van der Waals surface area contributed by atoms with Crippen molar-refractivity contribution in [3.63, 3.8) is 0 Å². The summed E-state index contributed by atoms with van der Waals surface area (Å²) < 4.78 is 9.73. The average molecular weight is 315 g/mol. The Hall–Kier alpha value is -2.56. The van der Waals surface area contributed by atoms with Gasteiger partial charge in [-0.2, -0.15) is 0 Å². The summed E-state index contributed by atoms with van der Waals surface area (Å²) in [5.41, 5.74) is 0.407. The Morgan fingerprint density at radius 2 is 2.04 bits per heavy atom. The number of allylic oxidation sites excluding steroid dienone is 3. The van der Waals surface area contributed by atoms with E-state index in [4.69, 9.17) is 4.74 Å². The van der Waals surface area contributed by atoms with Gasteiger partial charge in [-0.1, -0.05) is 24.3 Å². The fourth-order valence-electron chi connectivity index (χ4n) is 2.31. The molecule has 0 spiro atoms. The molecule has 0 saturated carbocycles. The van der Waals surface area contributed by atoms with Crippen molar-refractivity contribution in [2.75, 3.05) is 13.7 Å². The summed E-state index contributed by atoms with van der Waals surface area (Å²) in [7, 11) is 1.32. The van der Waals surface area contributed by atoms with Crippen LogP contribution in [0.4, 0.5) is 4.79 Å². The molecule has 122 valence electrons. The summed E-state index contributed by atoms with van der Waals surface area (Å²) in [6, 6.07) is 6.20. The lowest BCUT2D eigenvalue weighted by Gasteiger charge is -2.12. The van der Waals surface area contributed by atoms with Crippen LogP contribution in [0.15, 0.2) is 48.6 Å². The lowest BCUT2D eigenvalue weighted by atomic mass is 9.94. The number of carbonyl (C=O) groups is 2. The normalized spacial score (nSPS) is 17.0. The first-order valence-electron chi connectivity index (χ1n) is 7.65. The predicted octanol–water partition coefficient (Wildman–Crippen LogP) is 3.47. The first-order valence-corrected chi connectivity index (χ1v) is 7.65. The minimum Gasteiger partial charge on any atom is -0.465 e. The van der Waals surface area contributed by atoms with Gasteiger partial charge < -0.3 is 14.8 Å². The Labute approximate surface area is 136 Å². The molecule has 1 atom stereocenters. The van der Waals surface area contributed by atoms with Crippen LogP contribution in [-0.4, -0.2) is 25.7 Å². The van der Waals surface area contributed by atoms with Crippen LogP contribution in [0.25, 0.3) is 0 Å². The zero-order valence-corrected chi connectivity index (χ0v) is 13.2. The number of nitrogens with one attached hydrogen (secondary N) is 1. The van der Waals surface area contributed by atoms with Gasteiger partial charge >= 0.3 is 12.1 Å². The molecule has 1 N–H and O–H groups in total. The van der Waals surface area contributed by atoms with Crippen molar-refractivity contribution in [1.82, 2.24) is 5.32 Å². The molecule has 0 heterocycles. The maximum absolute atomic E-state index is 11.7. The van der Waals surface area contributed by atoms with Gasteiger partial charge in [0.2, 0.25) is 0 Å². The maximum atomic E-state index is 11.7. The molecule has 1 unspecified atom stereocenters. The minimum absolute atomic E-state index is 0.372. The zero-order chi connectivity index (χ0) is 16.5. The first-order chi connectivity index (χ1) is 11.2. The van der Waals surface area contributed by atoms with E-state index >= 15 is 0 Å². The second-order valence-corrected chi connectivity index (χ2v) is 5.26. The predicted molar refractivity (Wildman–Crippen MR) is 87.4 cm³/mol. The Kier molecular flexibility index (Phi) is 6.41. The highest BCUT2D eigenvalue weighted by Crippen LogP contribution is 2.18. The topological polar surface area (TPSA) is 64.6 Å². The van der Waals surface area contributed by atoms with Crippen molar-refractivity contribution in [2.24, 2.45) is 5.92 Å². The molecule has 0 saturated heterocycles. The van der Waals surface area contributed by atoms with E-state index in [0.29, 0.717) is 23.8 Å². The molecule has 1 aliphatic carbocycles. The van der Waals surface area contributed by atoms with Gasteiger partial charge in [0.05, 0.1) is 12.7 Å². The van der Waals surface area contributed by atoms with E-state index < -0.39 is 12.1 Å². The number of amides is 1. The average Bonchev–Trinajstić information content (AvgIpc) is 2.59. The standard InChI is InChI=1S/C18H21NO4/c1-22-17(20)15-9-11-16(12-10-15)23-18(21)19-13-5-8-14-6-3-2-4-7-14/h2-3,5,8-12,14H,4,6-7,13H2,1H3,(H,19,21). The molecule has 0 aliphatic heterocycles. The largest absolute Gasteiger partial charge is 0.465 e. The zero-order valence-electron chi connectivity index (χ0n) is 13.2. The molecule has 0 radical (unpaired) electrons. The third-order valence-electron chi connectivity index (χ3n) is 3.57. The van der Waals surface area contributed by atoms with Crippen LogP contribution in [0.2, 0.25) is 0 Å². The van der Waals surface area contributed by atoms with Crippen LogP contribution in [0.1, 0.15) is 29.6 Å². The lowest BCUT2D eigenvalue weighted by Crippen LogP contribution is -2.26. The van der Waals surface area contributed by atoms with Gasteiger partial charge in [-0.3, -0.25) is 0 Å². The van der Waals surface area contributed by atoms with Gasteiger partial charge in [0.1, 0.15) is 5.75 Å². The second kappa shape index (κ2) is 8.78. The van der Waals surface area contributed by atoms with Gasteiger partial charge in [0.25, 0.3) is 0 Å². The second-order valence-electron chi connectivity index (χ2n) is 5.26. The molecular formula is C18H21NO4. The van der Waals surface area contributed by atoms with E-state index in [2.05, 4.69) is 28.3 Å². The maximum Gasteiger partial charge on any atom is 0.412 e. The highest BCUT2D eigenvalue weighted by molar-refractivity contribution is 5.89. The van der Waals surface area contributed by atoms with Crippen LogP contribution in [-0.2, 0) is 4.74 Å². The minimum atomic E-state index is -0.524. The van der Waals surface area contributed by atoms with Crippen molar-refractivity contribution in [3.05, 3.63) is 54.1 Å². The van der Waals surface area contributed by atoms with E-state index in [1.807, 2.05) is 6.08 Å². The summed E-state index contributed by atoms with van der Waals surface area (Å²) in [4.78, 5) is 23.0. The van der Waals surface area contributed by atoms with E-state index in [1.54, 1.807) is 24.3 Å². The molecule has 0 fully saturated rings. The Morgan fingerprint density at radius 3 is 2.70 bits per heavy atom. The molecule has 2 rings (SSSR count). The van der Waals surface area contributed by atoms with Crippen molar-refractivity contribution in [1.29, 1.82) is 0 Å². The first kappa shape index (κ1) is 16.8. The van der Waals surface area contributed by atoms with Crippen LogP contribution in [0.3, 0.4) is 0 Å². The van der Waals surface area contributed by atoms with Gasteiger partial charge in [0, 0.05) is 6.54 Å². The fourth-order valence-corrected chi connectivity index (χ4v) is 2.31. The molecule has 5 heteroatoms. The van der Waals surface area contributed by atoms with Crippen molar-refractivity contribution in [2.45, 2.75) is 19.3 Å². The third-order valence-corrected chi connectivity index (χ3v) is 3.57. The number of hydrogen-bond acceptors (Lipinski definition) is 4. The number of rotatable bonds is 5. The number of carbonyl (C=O) groups excluding carboxylic acids is 2. The van der Waals surface area contributed by atoms with Gasteiger partial charge in [-0.15, -0.1) is 0 Å². The van der Waals surface area contributed by atoms with Gasteiger partial charge in [-0.05, 0) is 49.4 Å². The number of hydrogen-bond donors (Lipinski definition) is 1. The van der Waals surface area contributed by atoms with E-state index in [-0.39, 0.29) is 0 Å². The summed E-state index contributed by atoms with van der Waals surface area (Å²) >= 11 is 0. The van der Waals surface area contributed by atoms with Gasteiger partial charge in [-0.25, -0.2) is 9.59 Å². The lowest BCUT2D eigenvalue weighted by molar-refractivity contribution is 0.0600. The summed E-state index contributed by atoms with van der Waals surface area (Å²) in [6.07, 6.45) is 11.3. The van der Waals surface area contributed by atoms with E-state index in [0.717, 1.165) is 19.3 Å². The number of benzene rings is 1. The van der Waals surface area contributed by atoms with E-state index in [9.17, 15) is 9.59 Å². The Balaban J connectivity index is 1.73. The quantitative estimate of drug-likeness (QED) is 0.667. The van der Waals surface area contributed by atoms with E-state index in [1.165, 1.54) is 7.11 Å². The van der Waals surface area contributed by atoms with Crippen molar-refractivity contribution >= 4 is 12.1 Å². The number of methoxy groups -OCH3 is 1. The summed E-state index contributed by atoms with van der Waals surface area (Å²) in [5, 5.41) is 2.66. The van der Waals surface area contributed by atoms with Gasteiger partial charge in [0.15, 0.2) is 0 Å². The molecule has 1 amide bonds. The Morgan fingerprint density at radius 1 is 1.26 bits per heavy atom. The summed E-state index contributed by atoms with van der Waals surface area (Å²) in [6.45, 7) is 0.430. The molecule has 5 nitrogen and oxygen atoms in total. The number of esters is 1. The molecular weight excluding hydrogens is 294 g/mol. The molecule has 23 heavy (non-hydrogen) atoms. The molecule has 1 aliphatic rings. The monoisotopic (exact) mass is 315 g/mol. The molecule has 1 aromatic rings. The third kappa shape index (κ3) is 5.62. The molecule has 1 aromatic carbocycles. The highest BCUT2D eigenvalue weighted by atomic mass is 16.6. The number of ether oxygens (including phenoxy) is 2. The molecule has 0 bridgehead atoms. The smallest absolute Gasteiger partial charge is 0.412 e. The summed E-state index contributed by atoms with van der Waals surface area (Å²) in [5.74, 6) is 0.504. The van der Waals surface area contributed by atoms with Crippen molar-refractivity contribution < 1.29 is 19.1 Å².